The molecule has 0 radical (unpaired) electrons. The van der Waals surface area contributed by atoms with Crippen molar-refractivity contribution in [2.45, 2.75) is 33.3 Å². The van der Waals surface area contributed by atoms with Crippen LogP contribution < -0.4 is 0 Å². The molecule has 0 saturated carbocycles. The van der Waals surface area contributed by atoms with Crippen LogP contribution in [0.1, 0.15) is 34.2 Å². The largest absolute Gasteiger partial charge is 0.388 e. The highest BCUT2D eigenvalue weighted by molar-refractivity contribution is 5.31. The van der Waals surface area contributed by atoms with Gasteiger partial charge in [0.1, 0.15) is 0 Å². The van der Waals surface area contributed by atoms with E-state index in [1.54, 1.807) is 0 Å². The van der Waals surface area contributed by atoms with Crippen LogP contribution in [0.15, 0.2) is 24.3 Å². The summed E-state index contributed by atoms with van der Waals surface area (Å²) >= 11 is 0. The van der Waals surface area contributed by atoms with Gasteiger partial charge in [-0.2, -0.15) is 5.10 Å². The van der Waals surface area contributed by atoms with E-state index in [1.165, 1.54) is 11.1 Å². The van der Waals surface area contributed by atoms with Gasteiger partial charge in [-0.05, 0) is 43.5 Å². The number of aliphatic hydroxyl groups is 1. The van der Waals surface area contributed by atoms with Crippen molar-refractivity contribution < 1.29 is 5.11 Å². The zero-order valence-corrected chi connectivity index (χ0v) is 11.4. The number of rotatable bonds is 3. The lowest BCUT2D eigenvalue weighted by Crippen LogP contribution is -2.06. The third kappa shape index (κ3) is 2.62. The van der Waals surface area contributed by atoms with Crippen molar-refractivity contribution in [3.8, 4) is 0 Å². The van der Waals surface area contributed by atoms with Crippen molar-refractivity contribution in [2.75, 3.05) is 0 Å². The van der Waals surface area contributed by atoms with Crippen molar-refractivity contribution in [3.05, 3.63) is 52.3 Å². The van der Waals surface area contributed by atoms with Crippen LogP contribution in [-0.2, 0) is 13.5 Å². The minimum absolute atomic E-state index is 0.473. The Kier molecular flexibility index (Phi) is 3.53. The molecule has 0 fully saturated rings. The molecular formula is C15H20N2O. The molecule has 1 aromatic heterocycles. The number of aromatic nitrogens is 2. The van der Waals surface area contributed by atoms with Crippen LogP contribution in [0.2, 0.25) is 0 Å². The third-order valence-corrected chi connectivity index (χ3v) is 3.42. The van der Waals surface area contributed by atoms with E-state index in [4.69, 9.17) is 0 Å². The van der Waals surface area contributed by atoms with E-state index in [2.05, 4.69) is 31.1 Å². The second-order valence-electron chi connectivity index (χ2n) is 4.96. The summed E-state index contributed by atoms with van der Waals surface area (Å²) < 4.78 is 1.83. The van der Waals surface area contributed by atoms with Gasteiger partial charge < -0.3 is 5.11 Å². The summed E-state index contributed by atoms with van der Waals surface area (Å²) in [6.45, 7) is 6.11. The average Bonchev–Trinajstić information content (AvgIpc) is 2.61. The number of hydrogen-bond donors (Lipinski definition) is 1. The van der Waals surface area contributed by atoms with Crippen LogP contribution in [0.25, 0.3) is 0 Å². The molecule has 96 valence electrons. The molecular weight excluding hydrogens is 224 g/mol. The number of aryl methyl sites for hydroxylation is 4. The van der Waals surface area contributed by atoms with Gasteiger partial charge in [0.2, 0.25) is 0 Å². The molecule has 1 atom stereocenters. The minimum Gasteiger partial charge on any atom is -0.388 e. The molecule has 2 aromatic rings. The van der Waals surface area contributed by atoms with E-state index in [1.807, 2.05) is 30.8 Å². The van der Waals surface area contributed by atoms with Gasteiger partial charge in [-0.1, -0.05) is 18.2 Å². The first kappa shape index (κ1) is 12.8. The fraction of sp³-hybridized carbons (Fsp3) is 0.400. The molecule has 0 bridgehead atoms. The van der Waals surface area contributed by atoms with E-state index in [0.717, 1.165) is 17.0 Å². The summed E-state index contributed by atoms with van der Waals surface area (Å²) in [6, 6.07) is 8.13. The van der Waals surface area contributed by atoms with Gasteiger partial charge in [-0.25, -0.2) is 0 Å². The van der Waals surface area contributed by atoms with E-state index < -0.39 is 6.10 Å². The van der Waals surface area contributed by atoms with Crippen LogP contribution in [0, 0.1) is 20.8 Å². The predicted molar refractivity (Wildman–Crippen MR) is 72.5 cm³/mol. The fourth-order valence-electron chi connectivity index (χ4n) is 2.14. The number of nitrogens with zero attached hydrogens (tertiary/aromatic N) is 2. The molecule has 1 N–H and O–H groups in total. The lowest BCUT2D eigenvalue weighted by Gasteiger charge is -2.12. The van der Waals surface area contributed by atoms with Crippen LogP contribution in [0.4, 0.5) is 0 Å². The van der Waals surface area contributed by atoms with Crippen molar-refractivity contribution in [3.63, 3.8) is 0 Å². The quantitative estimate of drug-likeness (QED) is 0.901. The molecule has 0 amide bonds. The Morgan fingerprint density at radius 2 is 1.89 bits per heavy atom. The van der Waals surface area contributed by atoms with Gasteiger partial charge in [0.05, 0.1) is 11.8 Å². The summed E-state index contributed by atoms with van der Waals surface area (Å²) in [7, 11) is 1.91. The highest BCUT2D eigenvalue weighted by Crippen LogP contribution is 2.21. The van der Waals surface area contributed by atoms with E-state index in [-0.39, 0.29) is 0 Å². The first-order chi connectivity index (χ1) is 8.47. The van der Waals surface area contributed by atoms with Gasteiger partial charge in [-0.15, -0.1) is 0 Å². The molecule has 3 nitrogen and oxygen atoms in total. The molecule has 1 aromatic carbocycles. The van der Waals surface area contributed by atoms with Crippen LogP contribution in [0.3, 0.4) is 0 Å². The predicted octanol–water partition coefficient (Wildman–Crippen LogP) is 2.62. The summed E-state index contributed by atoms with van der Waals surface area (Å²) in [4.78, 5) is 0. The number of benzene rings is 1. The lowest BCUT2D eigenvalue weighted by molar-refractivity contribution is 0.175. The van der Waals surface area contributed by atoms with Crippen molar-refractivity contribution in [1.29, 1.82) is 0 Å². The summed E-state index contributed by atoms with van der Waals surface area (Å²) in [6.07, 6.45) is 0.124. The lowest BCUT2D eigenvalue weighted by atomic mass is 10.00. The summed E-state index contributed by atoms with van der Waals surface area (Å²) in [5.41, 5.74) is 5.48. The van der Waals surface area contributed by atoms with Crippen LogP contribution >= 0.6 is 0 Å². The maximum absolute atomic E-state index is 10.3. The normalized spacial score (nSPS) is 12.7. The maximum atomic E-state index is 10.3. The second-order valence-corrected chi connectivity index (χ2v) is 4.96. The van der Waals surface area contributed by atoms with Crippen molar-refractivity contribution >= 4 is 0 Å². The zero-order valence-electron chi connectivity index (χ0n) is 11.4. The molecule has 0 aliphatic carbocycles. The Balaban J connectivity index is 2.19. The van der Waals surface area contributed by atoms with Crippen LogP contribution in [-0.4, -0.2) is 14.9 Å². The zero-order chi connectivity index (χ0) is 13.3. The minimum atomic E-state index is -0.473. The van der Waals surface area contributed by atoms with Crippen molar-refractivity contribution in [2.24, 2.45) is 7.05 Å². The topological polar surface area (TPSA) is 38.0 Å². The third-order valence-electron chi connectivity index (χ3n) is 3.42. The summed E-state index contributed by atoms with van der Waals surface area (Å²) in [5, 5.41) is 14.6. The van der Waals surface area contributed by atoms with Gasteiger partial charge in [-0.3, -0.25) is 4.68 Å². The smallest absolute Gasteiger partial charge is 0.0845 e. The Bertz CT molecular complexity index is 558. The Morgan fingerprint density at radius 3 is 2.44 bits per heavy atom. The molecule has 18 heavy (non-hydrogen) atoms. The monoisotopic (exact) mass is 244 g/mol. The van der Waals surface area contributed by atoms with Gasteiger partial charge in [0.15, 0.2) is 0 Å². The van der Waals surface area contributed by atoms with E-state index >= 15 is 0 Å². The molecule has 1 heterocycles. The number of hydrogen-bond acceptors (Lipinski definition) is 2. The highest BCUT2D eigenvalue weighted by atomic mass is 16.3. The molecule has 0 saturated heterocycles. The van der Waals surface area contributed by atoms with Gasteiger partial charge in [0, 0.05) is 19.2 Å². The first-order valence-electron chi connectivity index (χ1n) is 6.22. The summed E-state index contributed by atoms with van der Waals surface area (Å²) in [5.74, 6) is 0. The van der Waals surface area contributed by atoms with E-state index in [0.29, 0.717) is 6.42 Å². The standard InChI is InChI=1S/C15H20N2O/c1-10-5-6-13(7-11(10)2)15(18)9-14-8-12(3)16-17(14)4/h5-8,15,18H,9H2,1-4H3. The second kappa shape index (κ2) is 4.94. The average molecular weight is 244 g/mol. The molecule has 1 unspecified atom stereocenters. The molecule has 3 heteroatoms. The number of aliphatic hydroxyl groups excluding tert-OH is 1. The first-order valence-corrected chi connectivity index (χ1v) is 6.22. The van der Waals surface area contributed by atoms with Crippen LogP contribution in [0.5, 0.6) is 0 Å². The molecule has 2 rings (SSSR count). The Labute approximate surface area is 108 Å². The fourth-order valence-corrected chi connectivity index (χ4v) is 2.14. The van der Waals surface area contributed by atoms with Crippen molar-refractivity contribution in [1.82, 2.24) is 9.78 Å². The molecule has 0 aliphatic heterocycles. The molecule has 0 spiro atoms. The SMILES string of the molecule is Cc1cc(CC(O)c2ccc(C)c(C)c2)n(C)n1. The van der Waals surface area contributed by atoms with E-state index in [9.17, 15) is 5.11 Å². The Morgan fingerprint density at radius 1 is 1.17 bits per heavy atom. The maximum Gasteiger partial charge on any atom is 0.0845 e. The van der Waals surface area contributed by atoms with Gasteiger partial charge >= 0.3 is 0 Å². The Hall–Kier alpha value is -1.61. The highest BCUT2D eigenvalue weighted by Gasteiger charge is 2.12. The van der Waals surface area contributed by atoms with Gasteiger partial charge in [0.25, 0.3) is 0 Å². The molecule has 0 aliphatic rings.